The molecule has 1 aromatic carbocycles. The van der Waals surface area contributed by atoms with Gasteiger partial charge in [-0.05, 0) is 64.0 Å². The summed E-state index contributed by atoms with van der Waals surface area (Å²) in [5, 5.41) is 0. The monoisotopic (exact) mass is 478 g/mol. The van der Waals surface area contributed by atoms with Crippen LogP contribution in [0.3, 0.4) is 0 Å². The van der Waals surface area contributed by atoms with Crippen LogP contribution >= 0.6 is 0 Å². The second-order valence-corrected chi connectivity index (χ2v) is 11.7. The molecular weight excluding hydrogens is 440 g/mol. The van der Waals surface area contributed by atoms with Gasteiger partial charge in [0.05, 0.1) is 17.1 Å². The Balaban J connectivity index is 1.57. The number of esters is 2. The third-order valence-electron chi connectivity index (χ3n) is 9.57. The molecule has 0 aromatic heterocycles. The summed E-state index contributed by atoms with van der Waals surface area (Å²) in [5.41, 5.74) is 2.74. The zero-order valence-corrected chi connectivity index (χ0v) is 21.7. The second kappa shape index (κ2) is 8.62. The van der Waals surface area contributed by atoms with Crippen LogP contribution in [-0.2, 0) is 19.0 Å². The van der Waals surface area contributed by atoms with Crippen molar-refractivity contribution in [1.82, 2.24) is 0 Å². The Labute approximate surface area is 208 Å². The first-order valence-corrected chi connectivity index (χ1v) is 13.0. The number of rotatable bonds is 5. The first-order chi connectivity index (χ1) is 16.6. The number of carbonyl (C=O) groups is 2. The van der Waals surface area contributed by atoms with Crippen LogP contribution in [0.1, 0.15) is 64.2 Å². The fraction of sp³-hybridized carbons (Fsp3) is 0.600. The van der Waals surface area contributed by atoms with Crippen LogP contribution < -0.4 is 0 Å². The van der Waals surface area contributed by atoms with Gasteiger partial charge in [-0.2, -0.15) is 0 Å². The van der Waals surface area contributed by atoms with Crippen molar-refractivity contribution in [2.75, 3.05) is 7.11 Å². The maximum atomic E-state index is 13.1. The molecule has 5 rings (SSSR count). The van der Waals surface area contributed by atoms with Crippen LogP contribution in [0.5, 0.6) is 0 Å². The zero-order valence-electron chi connectivity index (χ0n) is 21.7. The van der Waals surface area contributed by atoms with Crippen molar-refractivity contribution in [1.29, 1.82) is 0 Å². The molecule has 5 heteroatoms. The van der Waals surface area contributed by atoms with Crippen molar-refractivity contribution < 1.29 is 23.8 Å². The molecule has 35 heavy (non-hydrogen) atoms. The number of methoxy groups -OCH3 is 1. The van der Waals surface area contributed by atoms with E-state index >= 15 is 0 Å². The van der Waals surface area contributed by atoms with Crippen molar-refractivity contribution >= 4 is 11.9 Å². The number of allylic oxidation sites excluding steroid dienone is 2. The molecule has 0 unspecified atom stereocenters. The minimum Gasteiger partial charge on any atom is -0.461 e. The number of ether oxygens (including phenoxy) is 3. The molecule has 0 radical (unpaired) electrons. The predicted octanol–water partition coefficient (Wildman–Crippen LogP) is 5.75. The minimum atomic E-state index is -0.359. The molecule has 2 saturated carbocycles. The summed E-state index contributed by atoms with van der Waals surface area (Å²) < 4.78 is 18.4. The number of benzene rings is 1. The molecule has 1 spiro atoms. The van der Waals surface area contributed by atoms with Crippen molar-refractivity contribution in [2.45, 2.75) is 71.7 Å². The summed E-state index contributed by atoms with van der Waals surface area (Å²) in [4.78, 5) is 25.6. The lowest BCUT2D eigenvalue weighted by molar-refractivity contribution is -0.172. The van der Waals surface area contributed by atoms with Gasteiger partial charge in [0.15, 0.2) is 0 Å². The van der Waals surface area contributed by atoms with Crippen LogP contribution in [0.2, 0.25) is 0 Å². The summed E-state index contributed by atoms with van der Waals surface area (Å²) in [5.74, 6) is 0.216. The first-order valence-electron chi connectivity index (χ1n) is 13.0. The van der Waals surface area contributed by atoms with Crippen molar-refractivity contribution in [3.63, 3.8) is 0 Å². The summed E-state index contributed by atoms with van der Waals surface area (Å²) in [6.45, 7) is 10.2. The summed E-state index contributed by atoms with van der Waals surface area (Å²) >= 11 is 0. The van der Waals surface area contributed by atoms with E-state index in [-0.39, 0.29) is 52.9 Å². The van der Waals surface area contributed by atoms with E-state index in [0.717, 1.165) is 19.3 Å². The largest absolute Gasteiger partial charge is 0.461 e. The van der Waals surface area contributed by atoms with Gasteiger partial charge >= 0.3 is 11.9 Å². The van der Waals surface area contributed by atoms with Crippen LogP contribution in [0, 0.1) is 35.0 Å². The minimum absolute atomic E-state index is 0.0512. The lowest BCUT2D eigenvalue weighted by atomic mass is 9.52. The lowest BCUT2D eigenvalue weighted by Crippen LogP contribution is -2.57. The van der Waals surface area contributed by atoms with Gasteiger partial charge < -0.3 is 14.2 Å². The van der Waals surface area contributed by atoms with Gasteiger partial charge in [-0.3, -0.25) is 4.79 Å². The predicted molar refractivity (Wildman–Crippen MR) is 134 cm³/mol. The molecule has 0 N–H and O–H groups in total. The van der Waals surface area contributed by atoms with E-state index in [4.69, 9.17) is 14.2 Å². The van der Waals surface area contributed by atoms with Crippen molar-refractivity contribution in [2.24, 2.45) is 35.0 Å². The van der Waals surface area contributed by atoms with Gasteiger partial charge in [0.2, 0.25) is 0 Å². The lowest BCUT2D eigenvalue weighted by Gasteiger charge is -2.56. The standard InChI is InChI=1S/C30H38O5/c1-17-15-24-23(29(4,5)33-6)12-13-30(24)16-22(17)21-14-18(2)26(25(21)27(30)34-19(3)31)35-28(32)20-10-8-7-9-11-20/h7-11,14-15,18,22-27H,12-13,16H2,1-6H3/t18-,22+,23-,24-,25+,26-,27+,30-/m0/s1. The van der Waals surface area contributed by atoms with Crippen molar-refractivity contribution in [3.05, 3.63) is 59.2 Å². The van der Waals surface area contributed by atoms with Gasteiger partial charge in [0.1, 0.15) is 12.2 Å². The normalized spacial score (nSPS) is 37.6. The van der Waals surface area contributed by atoms with Crippen LogP contribution in [0.25, 0.3) is 0 Å². The summed E-state index contributed by atoms with van der Waals surface area (Å²) in [6.07, 6.45) is 7.03. The Morgan fingerprint density at radius 3 is 2.46 bits per heavy atom. The molecule has 2 bridgehead atoms. The molecule has 188 valence electrons. The molecule has 4 aliphatic carbocycles. The number of fused-ring (bicyclic) bond motifs is 3. The molecule has 0 heterocycles. The van der Waals surface area contributed by atoms with Gasteiger partial charge in [-0.25, -0.2) is 4.79 Å². The average molecular weight is 479 g/mol. The van der Waals surface area contributed by atoms with Gasteiger partial charge in [0.25, 0.3) is 0 Å². The van der Waals surface area contributed by atoms with E-state index in [1.807, 2.05) is 18.2 Å². The third-order valence-corrected chi connectivity index (χ3v) is 9.57. The van der Waals surface area contributed by atoms with E-state index in [1.165, 1.54) is 18.1 Å². The fourth-order valence-corrected chi connectivity index (χ4v) is 7.79. The Hall–Kier alpha value is -2.40. The van der Waals surface area contributed by atoms with Crippen molar-refractivity contribution in [3.8, 4) is 0 Å². The highest BCUT2D eigenvalue weighted by Gasteiger charge is 2.66. The molecule has 0 aliphatic heterocycles. The average Bonchev–Trinajstić information content (AvgIpc) is 3.35. The van der Waals surface area contributed by atoms with E-state index in [1.54, 1.807) is 19.2 Å². The number of hydrogen-bond acceptors (Lipinski definition) is 5. The van der Waals surface area contributed by atoms with Crippen LogP contribution in [-0.4, -0.2) is 36.9 Å². The van der Waals surface area contributed by atoms with E-state index in [0.29, 0.717) is 17.4 Å². The topological polar surface area (TPSA) is 61.8 Å². The quantitative estimate of drug-likeness (QED) is 0.398. The third kappa shape index (κ3) is 3.78. The highest BCUT2D eigenvalue weighted by molar-refractivity contribution is 5.89. The number of hydrogen-bond donors (Lipinski definition) is 0. The Kier molecular flexibility index (Phi) is 5.98. The molecule has 8 atom stereocenters. The maximum absolute atomic E-state index is 13.1. The van der Waals surface area contributed by atoms with E-state index in [2.05, 4.69) is 39.8 Å². The smallest absolute Gasteiger partial charge is 0.338 e. The zero-order chi connectivity index (χ0) is 25.1. The Bertz CT molecular complexity index is 1070. The molecule has 0 amide bonds. The van der Waals surface area contributed by atoms with Gasteiger partial charge in [0, 0.05) is 31.3 Å². The number of carbonyl (C=O) groups excluding carboxylic acids is 2. The molecule has 1 aromatic rings. The Morgan fingerprint density at radius 1 is 1.09 bits per heavy atom. The van der Waals surface area contributed by atoms with Gasteiger partial charge in [-0.1, -0.05) is 48.4 Å². The molecule has 0 saturated heterocycles. The highest BCUT2D eigenvalue weighted by Crippen LogP contribution is 2.67. The maximum Gasteiger partial charge on any atom is 0.338 e. The van der Waals surface area contributed by atoms with Crippen LogP contribution in [0.4, 0.5) is 0 Å². The first kappa shape index (κ1) is 24.3. The van der Waals surface area contributed by atoms with Crippen LogP contribution in [0.15, 0.2) is 53.6 Å². The molecule has 5 nitrogen and oxygen atoms in total. The summed E-state index contributed by atoms with van der Waals surface area (Å²) in [7, 11) is 1.79. The Morgan fingerprint density at radius 2 is 1.80 bits per heavy atom. The SMILES string of the molecule is COC(C)(C)[C@H]1CC[C@]23C[C@H](C(C)=C[C@@H]12)C1=C[C@H](C)[C@H](OC(=O)c2ccccc2)[C@@H]1[C@H]3OC(C)=O. The molecular formula is C30H38O5. The molecule has 2 fully saturated rings. The van der Waals surface area contributed by atoms with E-state index < -0.39 is 0 Å². The van der Waals surface area contributed by atoms with E-state index in [9.17, 15) is 9.59 Å². The van der Waals surface area contributed by atoms with Gasteiger partial charge in [-0.15, -0.1) is 0 Å². The highest BCUT2D eigenvalue weighted by atomic mass is 16.6. The molecule has 4 aliphatic rings. The fourth-order valence-electron chi connectivity index (χ4n) is 7.79. The second-order valence-electron chi connectivity index (χ2n) is 11.7. The summed E-state index contributed by atoms with van der Waals surface area (Å²) in [6, 6.07) is 9.15.